The van der Waals surface area contributed by atoms with Crippen LogP contribution in [0.1, 0.15) is 38.8 Å². The average Bonchev–Trinajstić information content (AvgIpc) is 2.69. The van der Waals surface area contributed by atoms with Crippen molar-refractivity contribution in [3.63, 3.8) is 0 Å². The van der Waals surface area contributed by atoms with Crippen LogP contribution in [0.2, 0.25) is 0 Å². The van der Waals surface area contributed by atoms with E-state index in [9.17, 15) is 0 Å². The van der Waals surface area contributed by atoms with Gasteiger partial charge in [-0.3, -0.25) is 9.89 Å². The van der Waals surface area contributed by atoms with E-state index in [1.807, 2.05) is 7.05 Å². The molecule has 6 heteroatoms. The van der Waals surface area contributed by atoms with Crippen LogP contribution in [0.25, 0.3) is 0 Å². The van der Waals surface area contributed by atoms with E-state index in [2.05, 4.69) is 72.5 Å². The molecule has 0 radical (unpaired) electrons. The minimum atomic E-state index is 0.241. The monoisotopic (exact) mass is 390 g/mol. The highest BCUT2D eigenvalue weighted by Gasteiger charge is 2.23. The zero-order valence-corrected chi connectivity index (χ0v) is 18.2. The Hall–Kier alpha value is -1.63. The molecular weight excluding hydrogens is 352 g/mol. The van der Waals surface area contributed by atoms with E-state index >= 15 is 0 Å². The summed E-state index contributed by atoms with van der Waals surface area (Å²) in [6.07, 6.45) is 0.241. The highest BCUT2D eigenvalue weighted by molar-refractivity contribution is 5.79. The smallest absolute Gasteiger partial charge is 0.191 e. The summed E-state index contributed by atoms with van der Waals surface area (Å²) in [6.45, 7) is 14.6. The summed E-state index contributed by atoms with van der Waals surface area (Å²) >= 11 is 0. The minimum absolute atomic E-state index is 0.241. The third-order valence-electron chi connectivity index (χ3n) is 5.02. The Morgan fingerprint density at radius 1 is 1.14 bits per heavy atom. The SMILES string of the molecule is CN=C(NCc1cccc(COC(C)C)c1)NCC(C(C)C)N1CCOCC1. The first-order valence-electron chi connectivity index (χ1n) is 10.4. The Kier molecular flexibility index (Phi) is 9.75. The van der Waals surface area contributed by atoms with Gasteiger partial charge in [0.2, 0.25) is 0 Å². The first kappa shape index (κ1) is 22.7. The van der Waals surface area contributed by atoms with Crippen LogP contribution in [0.4, 0.5) is 0 Å². The number of benzene rings is 1. The third kappa shape index (κ3) is 7.78. The van der Waals surface area contributed by atoms with Crippen LogP contribution in [-0.4, -0.2) is 62.9 Å². The standard InChI is InChI=1S/C22H38N4O2/c1-17(2)21(26-9-11-27-12-10-26)15-25-22(23-5)24-14-19-7-6-8-20(13-19)16-28-18(3)4/h6-8,13,17-18,21H,9-12,14-16H2,1-5H3,(H2,23,24,25). The largest absolute Gasteiger partial charge is 0.379 e. The van der Waals surface area contributed by atoms with Gasteiger partial charge in [0.15, 0.2) is 5.96 Å². The molecular formula is C22H38N4O2. The van der Waals surface area contributed by atoms with E-state index in [1.165, 1.54) is 11.1 Å². The molecule has 1 aromatic carbocycles. The molecule has 1 aliphatic heterocycles. The number of nitrogens with one attached hydrogen (secondary N) is 2. The Morgan fingerprint density at radius 2 is 1.86 bits per heavy atom. The molecule has 1 fully saturated rings. The summed E-state index contributed by atoms with van der Waals surface area (Å²) < 4.78 is 11.2. The van der Waals surface area contributed by atoms with Crippen molar-refractivity contribution in [1.82, 2.24) is 15.5 Å². The molecule has 6 nitrogen and oxygen atoms in total. The van der Waals surface area contributed by atoms with Gasteiger partial charge in [0, 0.05) is 39.3 Å². The number of ether oxygens (including phenoxy) is 2. The molecule has 0 amide bonds. The second-order valence-electron chi connectivity index (χ2n) is 7.95. The zero-order valence-electron chi connectivity index (χ0n) is 18.2. The minimum Gasteiger partial charge on any atom is -0.379 e. The number of nitrogens with zero attached hydrogens (tertiary/aromatic N) is 2. The number of rotatable bonds is 9. The van der Waals surface area contributed by atoms with Gasteiger partial charge >= 0.3 is 0 Å². The quantitative estimate of drug-likeness (QED) is 0.501. The van der Waals surface area contributed by atoms with Crippen LogP contribution in [0.15, 0.2) is 29.3 Å². The molecule has 1 saturated heterocycles. The second kappa shape index (κ2) is 12.0. The summed E-state index contributed by atoms with van der Waals surface area (Å²) in [6, 6.07) is 8.98. The molecule has 158 valence electrons. The van der Waals surface area contributed by atoms with Crippen molar-refractivity contribution in [3.05, 3.63) is 35.4 Å². The predicted molar refractivity (Wildman–Crippen MR) is 116 cm³/mol. The highest BCUT2D eigenvalue weighted by Crippen LogP contribution is 2.12. The van der Waals surface area contributed by atoms with E-state index in [1.54, 1.807) is 0 Å². The van der Waals surface area contributed by atoms with Gasteiger partial charge in [-0.1, -0.05) is 38.1 Å². The molecule has 1 aliphatic rings. The second-order valence-corrected chi connectivity index (χ2v) is 7.95. The van der Waals surface area contributed by atoms with E-state index in [-0.39, 0.29) is 6.10 Å². The molecule has 0 aromatic heterocycles. The van der Waals surface area contributed by atoms with Crippen molar-refractivity contribution in [2.24, 2.45) is 10.9 Å². The van der Waals surface area contributed by atoms with Crippen LogP contribution in [0.5, 0.6) is 0 Å². The molecule has 0 aliphatic carbocycles. The van der Waals surface area contributed by atoms with Gasteiger partial charge in [0.1, 0.15) is 0 Å². The normalized spacial score (nSPS) is 17.2. The van der Waals surface area contributed by atoms with E-state index in [0.717, 1.165) is 45.4 Å². The Labute approximate surface area is 170 Å². The lowest BCUT2D eigenvalue weighted by Crippen LogP contribution is -2.52. The number of hydrogen-bond donors (Lipinski definition) is 2. The van der Waals surface area contributed by atoms with Gasteiger partial charge in [0.05, 0.1) is 25.9 Å². The fraction of sp³-hybridized carbons (Fsp3) is 0.682. The van der Waals surface area contributed by atoms with Crippen molar-refractivity contribution >= 4 is 5.96 Å². The number of guanidine groups is 1. The van der Waals surface area contributed by atoms with Gasteiger partial charge in [-0.25, -0.2) is 0 Å². The maximum atomic E-state index is 5.70. The third-order valence-corrected chi connectivity index (χ3v) is 5.02. The molecule has 1 unspecified atom stereocenters. The molecule has 0 spiro atoms. The van der Waals surface area contributed by atoms with Gasteiger partial charge in [-0.15, -0.1) is 0 Å². The Morgan fingerprint density at radius 3 is 2.50 bits per heavy atom. The predicted octanol–water partition coefficient (Wildman–Crippen LogP) is 2.63. The van der Waals surface area contributed by atoms with E-state index < -0.39 is 0 Å². The van der Waals surface area contributed by atoms with Crippen molar-refractivity contribution < 1.29 is 9.47 Å². The molecule has 2 N–H and O–H groups in total. The highest BCUT2D eigenvalue weighted by atomic mass is 16.5. The van der Waals surface area contributed by atoms with Crippen molar-refractivity contribution in [2.45, 2.75) is 53.0 Å². The van der Waals surface area contributed by atoms with Crippen LogP contribution < -0.4 is 10.6 Å². The number of aliphatic imine (C=N–C) groups is 1. The molecule has 1 heterocycles. The first-order valence-corrected chi connectivity index (χ1v) is 10.4. The summed E-state index contributed by atoms with van der Waals surface area (Å²) in [5, 5.41) is 6.93. The van der Waals surface area contributed by atoms with Crippen molar-refractivity contribution in [2.75, 3.05) is 39.9 Å². The number of hydrogen-bond acceptors (Lipinski definition) is 4. The lowest BCUT2D eigenvalue weighted by molar-refractivity contribution is 0.00752. The molecule has 2 rings (SSSR count). The summed E-state index contributed by atoms with van der Waals surface area (Å²) in [5.74, 6) is 1.41. The molecule has 1 atom stereocenters. The van der Waals surface area contributed by atoms with Crippen molar-refractivity contribution in [3.8, 4) is 0 Å². The van der Waals surface area contributed by atoms with E-state index in [0.29, 0.717) is 18.6 Å². The molecule has 1 aromatic rings. The van der Waals surface area contributed by atoms with Gasteiger partial charge in [0.25, 0.3) is 0 Å². The van der Waals surface area contributed by atoms with E-state index in [4.69, 9.17) is 9.47 Å². The van der Waals surface area contributed by atoms with Crippen molar-refractivity contribution in [1.29, 1.82) is 0 Å². The number of morpholine rings is 1. The van der Waals surface area contributed by atoms with Gasteiger partial charge < -0.3 is 20.1 Å². The average molecular weight is 391 g/mol. The van der Waals surface area contributed by atoms with Crippen LogP contribution in [-0.2, 0) is 22.6 Å². The zero-order chi connectivity index (χ0) is 20.4. The molecule has 0 bridgehead atoms. The summed E-state index contributed by atoms with van der Waals surface area (Å²) in [4.78, 5) is 6.91. The Bertz CT molecular complexity index is 598. The molecule has 28 heavy (non-hydrogen) atoms. The van der Waals surface area contributed by atoms with Gasteiger partial charge in [-0.05, 0) is 30.9 Å². The van der Waals surface area contributed by atoms with Crippen LogP contribution in [0, 0.1) is 5.92 Å². The van der Waals surface area contributed by atoms with Crippen LogP contribution in [0.3, 0.4) is 0 Å². The summed E-state index contributed by atoms with van der Waals surface area (Å²) in [7, 11) is 1.82. The molecule has 0 saturated carbocycles. The topological polar surface area (TPSA) is 58.1 Å². The lowest BCUT2D eigenvalue weighted by atomic mass is 10.0. The lowest BCUT2D eigenvalue weighted by Gasteiger charge is -2.37. The maximum absolute atomic E-state index is 5.70. The summed E-state index contributed by atoms with van der Waals surface area (Å²) in [5.41, 5.74) is 2.42. The fourth-order valence-corrected chi connectivity index (χ4v) is 3.40. The Balaban J connectivity index is 1.84. The van der Waals surface area contributed by atoms with Crippen LogP contribution >= 0.6 is 0 Å². The fourth-order valence-electron chi connectivity index (χ4n) is 3.40. The van der Waals surface area contributed by atoms with Gasteiger partial charge in [-0.2, -0.15) is 0 Å². The maximum Gasteiger partial charge on any atom is 0.191 e. The first-order chi connectivity index (χ1) is 13.5.